The average Bonchev–Trinajstić information content (AvgIpc) is 2.80. The number of allylic oxidation sites excluding steroid dienone is 3. The number of benzene rings is 2. The van der Waals surface area contributed by atoms with Crippen molar-refractivity contribution in [3.05, 3.63) is 93.5 Å². The van der Waals surface area contributed by atoms with Crippen molar-refractivity contribution >= 4 is 28.9 Å². The van der Waals surface area contributed by atoms with Crippen LogP contribution in [-0.4, -0.2) is 24.6 Å². The van der Waals surface area contributed by atoms with Crippen LogP contribution in [-0.2, 0) is 0 Å². The standard InChI is InChI=1S/C28H29Cl2NO/c1-6-21-8-17-26(27(18-21)32-7-2)20(4)31(5)28(23-11-15-25(30)16-12-23)19(3)22-9-13-24(29)14-10-22/h1,8-11,13-15,17-19,28H,4,7,12,16H2,2-3,5H3. The Balaban J connectivity index is 2.02. The molecule has 0 radical (unpaired) electrons. The molecule has 0 fully saturated rings. The van der Waals surface area contributed by atoms with Gasteiger partial charge >= 0.3 is 0 Å². The summed E-state index contributed by atoms with van der Waals surface area (Å²) in [6.45, 7) is 9.21. The lowest BCUT2D eigenvalue weighted by molar-refractivity contribution is 0.326. The van der Waals surface area contributed by atoms with E-state index < -0.39 is 0 Å². The second-order valence-electron chi connectivity index (χ2n) is 7.99. The molecule has 1 aliphatic carbocycles. The van der Waals surface area contributed by atoms with Crippen LogP contribution in [0.5, 0.6) is 5.75 Å². The Kier molecular flexibility index (Phi) is 8.13. The van der Waals surface area contributed by atoms with E-state index in [4.69, 9.17) is 34.4 Å². The quantitative estimate of drug-likeness (QED) is 0.371. The van der Waals surface area contributed by atoms with Crippen molar-refractivity contribution in [2.75, 3.05) is 13.7 Å². The summed E-state index contributed by atoms with van der Waals surface area (Å²) in [5.74, 6) is 3.63. The molecule has 32 heavy (non-hydrogen) atoms. The highest BCUT2D eigenvalue weighted by Gasteiger charge is 2.29. The number of likely N-dealkylation sites (N-methyl/N-ethyl adjacent to an activating group) is 1. The van der Waals surface area contributed by atoms with Crippen molar-refractivity contribution in [1.82, 2.24) is 4.90 Å². The Morgan fingerprint density at radius 3 is 2.47 bits per heavy atom. The third kappa shape index (κ3) is 5.41. The molecule has 3 rings (SSSR count). The normalized spacial score (nSPS) is 15.1. The first-order chi connectivity index (χ1) is 15.3. The van der Waals surface area contributed by atoms with Crippen LogP contribution < -0.4 is 4.74 Å². The first-order valence-electron chi connectivity index (χ1n) is 10.8. The second kappa shape index (κ2) is 10.8. The third-order valence-corrected chi connectivity index (χ3v) is 6.55. The summed E-state index contributed by atoms with van der Waals surface area (Å²) in [6, 6.07) is 14.0. The lowest BCUT2D eigenvalue weighted by atomic mass is 9.83. The van der Waals surface area contributed by atoms with Crippen molar-refractivity contribution in [1.29, 1.82) is 0 Å². The third-order valence-electron chi connectivity index (χ3n) is 5.98. The molecule has 2 unspecified atom stereocenters. The summed E-state index contributed by atoms with van der Waals surface area (Å²) < 4.78 is 5.91. The number of ether oxygens (including phenoxy) is 1. The van der Waals surface area contributed by atoms with Crippen LogP contribution in [0.4, 0.5) is 0 Å². The molecule has 0 aliphatic heterocycles. The molecule has 2 aromatic rings. The molecule has 1 aliphatic rings. The maximum atomic E-state index is 6.26. The molecule has 2 aromatic carbocycles. The van der Waals surface area contributed by atoms with Crippen LogP contribution in [0.15, 0.2) is 71.8 Å². The molecule has 0 bridgehead atoms. The Morgan fingerprint density at radius 1 is 1.16 bits per heavy atom. The van der Waals surface area contributed by atoms with Crippen LogP contribution in [0.25, 0.3) is 5.70 Å². The largest absolute Gasteiger partial charge is 0.493 e. The number of halogens is 2. The van der Waals surface area contributed by atoms with Crippen molar-refractivity contribution in [3.8, 4) is 18.1 Å². The molecule has 0 amide bonds. The van der Waals surface area contributed by atoms with Crippen molar-refractivity contribution in [2.24, 2.45) is 0 Å². The first-order valence-corrected chi connectivity index (χ1v) is 11.6. The smallest absolute Gasteiger partial charge is 0.129 e. The Labute approximate surface area is 202 Å². The fourth-order valence-corrected chi connectivity index (χ4v) is 4.50. The van der Waals surface area contributed by atoms with E-state index in [1.54, 1.807) is 0 Å². The van der Waals surface area contributed by atoms with E-state index in [-0.39, 0.29) is 12.0 Å². The van der Waals surface area contributed by atoms with Crippen molar-refractivity contribution < 1.29 is 4.74 Å². The zero-order chi connectivity index (χ0) is 23.3. The zero-order valence-electron chi connectivity index (χ0n) is 18.9. The number of hydrogen-bond donors (Lipinski definition) is 0. The van der Waals surface area contributed by atoms with E-state index in [9.17, 15) is 0 Å². The molecule has 0 saturated heterocycles. The van der Waals surface area contributed by atoms with Crippen molar-refractivity contribution in [3.63, 3.8) is 0 Å². The highest BCUT2D eigenvalue weighted by Crippen LogP contribution is 2.38. The summed E-state index contributed by atoms with van der Waals surface area (Å²) in [5.41, 5.74) is 5.14. The van der Waals surface area contributed by atoms with Gasteiger partial charge < -0.3 is 9.64 Å². The molecule has 166 valence electrons. The Bertz CT molecular complexity index is 1080. The summed E-state index contributed by atoms with van der Waals surface area (Å²) in [4.78, 5) is 2.24. The van der Waals surface area contributed by atoms with Crippen LogP contribution in [0.2, 0.25) is 5.02 Å². The summed E-state index contributed by atoms with van der Waals surface area (Å²) in [6.07, 6.45) is 11.5. The van der Waals surface area contributed by atoms with Crippen molar-refractivity contribution in [2.45, 2.75) is 38.6 Å². The molecule has 2 nitrogen and oxygen atoms in total. The van der Waals surface area contributed by atoms with Crippen LogP contribution in [0, 0.1) is 12.3 Å². The average molecular weight is 466 g/mol. The van der Waals surface area contributed by atoms with Gasteiger partial charge in [0.15, 0.2) is 0 Å². The van der Waals surface area contributed by atoms with Gasteiger partial charge in [0.25, 0.3) is 0 Å². The van der Waals surface area contributed by atoms with E-state index in [0.717, 1.165) is 45.5 Å². The summed E-state index contributed by atoms with van der Waals surface area (Å²) >= 11 is 12.4. The van der Waals surface area contributed by atoms with Gasteiger partial charge in [-0.25, -0.2) is 0 Å². The molecule has 4 heteroatoms. The Hall–Kier alpha value is -2.60. The maximum Gasteiger partial charge on any atom is 0.129 e. The SMILES string of the molecule is C#Cc1ccc(C(=C)N(C)C(C2=CC=C(Cl)CC2)C(C)c2ccc(Cl)cc2)c(OCC)c1. The fraction of sp³-hybridized carbons (Fsp3) is 0.286. The second-order valence-corrected chi connectivity index (χ2v) is 8.91. The minimum atomic E-state index is 0.0893. The van der Waals surface area contributed by atoms with E-state index in [2.05, 4.69) is 49.6 Å². The molecule has 2 atom stereocenters. The van der Waals surface area contributed by atoms with Gasteiger partial charge in [-0.05, 0) is 67.3 Å². The predicted octanol–water partition coefficient (Wildman–Crippen LogP) is 7.64. The molecule has 0 spiro atoms. The molecule has 0 saturated carbocycles. The molecular weight excluding hydrogens is 437 g/mol. The van der Waals surface area contributed by atoms with E-state index in [1.165, 1.54) is 11.1 Å². The molecule has 0 aromatic heterocycles. The highest BCUT2D eigenvalue weighted by atomic mass is 35.5. The summed E-state index contributed by atoms with van der Waals surface area (Å²) in [7, 11) is 2.09. The lowest BCUT2D eigenvalue weighted by Crippen LogP contribution is -2.36. The molecule has 0 heterocycles. The number of rotatable bonds is 8. The van der Waals surface area contributed by atoms with Gasteiger partial charge in [-0.3, -0.25) is 0 Å². The summed E-state index contributed by atoms with van der Waals surface area (Å²) in [5, 5.41) is 1.62. The minimum Gasteiger partial charge on any atom is -0.493 e. The Morgan fingerprint density at radius 2 is 1.88 bits per heavy atom. The van der Waals surface area contributed by atoms with Gasteiger partial charge in [-0.2, -0.15) is 0 Å². The minimum absolute atomic E-state index is 0.0893. The zero-order valence-corrected chi connectivity index (χ0v) is 20.4. The van der Waals surface area contributed by atoms with Gasteiger partial charge in [-0.1, -0.05) is 60.8 Å². The van der Waals surface area contributed by atoms with Gasteiger partial charge in [0, 0.05) is 39.8 Å². The fourth-order valence-electron chi connectivity index (χ4n) is 4.21. The van der Waals surface area contributed by atoms with Crippen LogP contribution >= 0.6 is 23.2 Å². The van der Waals surface area contributed by atoms with Gasteiger partial charge in [0.2, 0.25) is 0 Å². The van der Waals surface area contributed by atoms with Gasteiger partial charge in [0.1, 0.15) is 5.75 Å². The predicted molar refractivity (Wildman–Crippen MR) is 137 cm³/mol. The van der Waals surface area contributed by atoms with Gasteiger partial charge in [0.05, 0.1) is 12.6 Å². The molecular formula is C28H29Cl2NO. The first kappa shape index (κ1) is 24.1. The maximum absolute atomic E-state index is 6.26. The van der Waals surface area contributed by atoms with E-state index in [0.29, 0.717) is 6.61 Å². The lowest BCUT2D eigenvalue weighted by Gasteiger charge is -2.39. The van der Waals surface area contributed by atoms with Gasteiger partial charge in [-0.15, -0.1) is 6.42 Å². The highest BCUT2D eigenvalue weighted by molar-refractivity contribution is 6.30. The van der Waals surface area contributed by atoms with Crippen LogP contribution in [0.1, 0.15) is 49.3 Å². The van der Waals surface area contributed by atoms with Crippen LogP contribution in [0.3, 0.4) is 0 Å². The number of terminal acetylenes is 1. The number of hydrogen-bond acceptors (Lipinski definition) is 2. The van der Waals surface area contributed by atoms with E-state index >= 15 is 0 Å². The number of nitrogens with zero attached hydrogens (tertiary/aromatic N) is 1. The topological polar surface area (TPSA) is 12.5 Å². The molecule has 0 N–H and O–H groups in total. The van der Waals surface area contributed by atoms with E-state index in [1.807, 2.05) is 43.3 Å². The monoisotopic (exact) mass is 465 g/mol.